The van der Waals surface area contributed by atoms with E-state index in [0.29, 0.717) is 12.1 Å². The fourth-order valence-electron chi connectivity index (χ4n) is 2.52. The molecule has 0 heterocycles. The SMILES string of the molecule is COc1ccc(CC(C)N[C@H](C)c2ccccc2Br)cc1. The Labute approximate surface area is 135 Å². The van der Waals surface area contributed by atoms with Crippen molar-refractivity contribution in [1.82, 2.24) is 5.32 Å². The standard InChI is InChI=1S/C18H22BrNO/c1-13(12-15-8-10-16(21-3)11-9-15)20-14(2)17-6-4-5-7-18(17)19/h4-11,13-14,20H,12H2,1-3H3/t13?,14-/m1/s1. The van der Waals surface area contributed by atoms with Gasteiger partial charge in [0, 0.05) is 16.6 Å². The molecule has 2 nitrogen and oxygen atoms in total. The first kappa shape index (κ1) is 16.1. The predicted octanol–water partition coefficient (Wildman–Crippen LogP) is 4.74. The van der Waals surface area contributed by atoms with E-state index in [9.17, 15) is 0 Å². The minimum atomic E-state index is 0.314. The maximum atomic E-state index is 5.19. The van der Waals surface area contributed by atoms with E-state index in [1.807, 2.05) is 18.2 Å². The minimum absolute atomic E-state index is 0.314. The first-order valence-corrected chi connectivity index (χ1v) is 8.03. The molecule has 0 spiro atoms. The summed E-state index contributed by atoms with van der Waals surface area (Å²) in [5, 5.41) is 3.65. The van der Waals surface area contributed by atoms with Crippen molar-refractivity contribution < 1.29 is 4.74 Å². The van der Waals surface area contributed by atoms with Gasteiger partial charge in [0.15, 0.2) is 0 Å². The van der Waals surface area contributed by atoms with Crippen molar-refractivity contribution >= 4 is 15.9 Å². The summed E-state index contributed by atoms with van der Waals surface area (Å²) in [6, 6.07) is 17.4. The van der Waals surface area contributed by atoms with Gasteiger partial charge >= 0.3 is 0 Å². The van der Waals surface area contributed by atoms with Crippen molar-refractivity contribution in [1.29, 1.82) is 0 Å². The van der Waals surface area contributed by atoms with Gasteiger partial charge in [0.05, 0.1) is 7.11 Å². The van der Waals surface area contributed by atoms with Gasteiger partial charge in [-0.2, -0.15) is 0 Å². The number of rotatable bonds is 6. The highest BCUT2D eigenvalue weighted by molar-refractivity contribution is 9.10. The van der Waals surface area contributed by atoms with Crippen molar-refractivity contribution in [2.45, 2.75) is 32.4 Å². The highest BCUT2D eigenvalue weighted by Crippen LogP contribution is 2.23. The van der Waals surface area contributed by atoms with Crippen LogP contribution in [0.1, 0.15) is 31.0 Å². The molecular formula is C18H22BrNO. The van der Waals surface area contributed by atoms with Crippen LogP contribution < -0.4 is 10.1 Å². The fraction of sp³-hybridized carbons (Fsp3) is 0.333. The molecular weight excluding hydrogens is 326 g/mol. The van der Waals surface area contributed by atoms with E-state index in [1.54, 1.807) is 7.11 Å². The lowest BCUT2D eigenvalue weighted by atomic mass is 10.0. The van der Waals surface area contributed by atoms with E-state index in [0.717, 1.165) is 16.6 Å². The lowest BCUT2D eigenvalue weighted by Crippen LogP contribution is -2.30. The number of halogens is 1. The summed E-state index contributed by atoms with van der Waals surface area (Å²) in [6.07, 6.45) is 0.999. The Morgan fingerprint density at radius 3 is 2.33 bits per heavy atom. The van der Waals surface area contributed by atoms with Crippen molar-refractivity contribution in [3.8, 4) is 5.75 Å². The van der Waals surface area contributed by atoms with Gasteiger partial charge in [0.25, 0.3) is 0 Å². The molecule has 0 aliphatic carbocycles. The Balaban J connectivity index is 1.94. The Kier molecular flexibility index (Phi) is 5.83. The average molecular weight is 348 g/mol. The molecule has 2 rings (SSSR count). The number of ether oxygens (including phenoxy) is 1. The first-order valence-electron chi connectivity index (χ1n) is 7.23. The van der Waals surface area contributed by atoms with E-state index >= 15 is 0 Å². The molecule has 21 heavy (non-hydrogen) atoms. The van der Waals surface area contributed by atoms with Crippen LogP contribution in [0.15, 0.2) is 53.0 Å². The molecule has 0 aliphatic heterocycles. The predicted molar refractivity (Wildman–Crippen MR) is 91.9 cm³/mol. The van der Waals surface area contributed by atoms with Gasteiger partial charge in [0.2, 0.25) is 0 Å². The van der Waals surface area contributed by atoms with Crippen LogP contribution in [0.25, 0.3) is 0 Å². The monoisotopic (exact) mass is 347 g/mol. The molecule has 0 saturated carbocycles. The van der Waals surface area contributed by atoms with Gasteiger partial charge in [-0.1, -0.05) is 46.3 Å². The molecule has 1 N–H and O–H groups in total. The van der Waals surface area contributed by atoms with Crippen LogP contribution in [0.5, 0.6) is 5.75 Å². The molecule has 0 radical (unpaired) electrons. The van der Waals surface area contributed by atoms with Crippen molar-refractivity contribution in [3.63, 3.8) is 0 Å². The van der Waals surface area contributed by atoms with Gasteiger partial charge < -0.3 is 10.1 Å². The maximum absolute atomic E-state index is 5.19. The Hall–Kier alpha value is -1.32. The number of hydrogen-bond acceptors (Lipinski definition) is 2. The highest BCUT2D eigenvalue weighted by atomic mass is 79.9. The van der Waals surface area contributed by atoms with Gasteiger partial charge in [0.1, 0.15) is 5.75 Å². The van der Waals surface area contributed by atoms with E-state index in [4.69, 9.17) is 4.74 Å². The van der Waals surface area contributed by atoms with Gasteiger partial charge in [-0.15, -0.1) is 0 Å². The van der Waals surface area contributed by atoms with Crippen LogP contribution in [0.3, 0.4) is 0 Å². The number of hydrogen-bond donors (Lipinski definition) is 1. The summed E-state index contributed by atoms with van der Waals surface area (Å²) in [5.74, 6) is 0.904. The second-order valence-electron chi connectivity index (χ2n) is 5.36. The van der Waals surface area contributed by atoms with E-state index in [-0.39, 0.29) is 0 Å². The van der Waals surface area contributed by atoms with Gasteiger partial charge in [-0.25, -0.2) is 0 Å². The second-order valence-corrected chi connectivity index (χ2v) is 6.22. The summed E-state index contributed by atoms with van der Waals surface area (Å²) in [7, 11) is 1.69. The second kappa shape index (κ2) is 7.62. The summed E-state index contributed by atoms with van der Waals surface area (Å²) < 4.78 is 6.34. The molecule has 0 amide bonds. The third-order valence-electron chi connectivity index (χ3n) is 3.61. The first-order chi connectivity index (χ1) is 10.1. The zero-order valence-corrected chi connectivity index (χ0v) is 14.4. The quantitative estimate of drug-likeness (QED) is 0.814. The summed E-state index contributed by atoms with van der Waals surface area (Å²) >= 11 is 3.62. The summed E-state index contributed by atoms with van der Waals surface area (Å²) in [6.45, 7) is 4.42. The van der Waals surface area contributed by atoms with Crippen molar-refractivity contribution in [3.05, 3.63) is 64.1 Å². The van der Waals surface area contributed by atoms with E-state index in [1.165, 1.54) is 11.1 Å². The van der Waals surface area contributed by atoms with Crippen LogP contribution in [-0.2, 0) is 6.42 Å². The smallest absolute Gasteiger partial charge is 0.118 e. The Bertz CT molecular complexity index is 568. The third-order valence-corrected chi connectivity index (χ3v) is 4.33. The number of nitrogens with one attached hydrogen (secondary N) is 1. The molecule has 2 aromatic carbocycles. The topological polar surface area (TPSA) is 21.3 Å². The van der Waals surface area contributed by atoms with Gasteiger partial charge in [-0.05, 0) is 49.6 Å². The molecule has 2 aromatic rings. The number of methoxy groups -OCH3 is 1. The fourth-order valence-corrected chi connectivity index (χ4v) is 3.15. The normalized spacial score (nSPS) is 13.7. The zero-order valence-electron chi connectivity index (χ0n) is 12.8. The molecule has 0 aromatic heterocycles. The molecule has 0 bridgehead atoms. The van der Waals surface area contributed by atoms with Crippen LogP contribution in [0.4, 0.5) is 0 Å². The largest absolute Gasteiger partial charge is 0.497 e. The summed E-state index contributed by atoms with van der Waals surface area (Å²) in [4.78, 5) is 0. The molecule has 0 aliphatic rings. The molecule has 3 heteroatoms. The maximum Gasteiger partial charge on any atom is 0.118 e. The molecule has 0 saturated heterocycles. The zero-order chi connectivity index (χ0) is 15.2. The van der Waals surface area contributed by atoms with Gasteiger partial charge in [-0.3, -0.25) is 0 Å². The minimum Gasteiger partial charge on any atom is -0.497 e. The Morgan fingerprint density at radius 2 is 1.71 bits per heavy atom. The van der Waals surface area contributed by atoms with Crippen LogP contribution in [0, 0.1) is 0 Å². The third kappa shape index (κ3) is 4.58. The van der Waals surface area contributed by atoms with Crippen LogP contribution in [0.2, 0.25) is 0 Å². The highest BCUT2D eigenvalue weighted by Gasteiger charge is 2.12. The van der Waals surface area contributed by atoms with E-state index in [2.05, 4.69) is 65.4 Å². The number of benzene rings is 2. The van der Waals surface area contributed by atoms with Crippen molar-refractivity contribution in [2.75, 3.05) is 7.11 Å². The molecule has 0 fully saturated rings. The van der Waals surface area contributed by atoms with E-state index < -0.39 is 0 Å². The molecule has 112 valence electrons. The Morgan fingerprint density at radius 1 is 1.05 bits per heavy atom. The van der Waals surface area contributed by atoms with Crippen molar-refractivity contribution in [2.24, 2.45) is 0 Å². The lowest BCUT2D eigenvalue weighted by molar-refractivity contribution is 0.414. The van der Waals surface area contributed by atoms with Crippen LogP contribution in [-0.4, -0.2) is 13.2 Å². The average Bonchev–Trinajstić information content (AvgIpc) is 2.48. The molecule has 2 atom stereocenters. The van der Waals surface area contributed by atoms with Crippen LogP contribution >= 0.6 is 15.9 Å². The lowest BCUT2D eigenvalue weighted by Gasteiger charge is -2.21. The molecule has 1 unspecified atom stereocenters. The summed E-state index contributed by atoms with van der Waals surface area (Å²) in [5.41, 5.74) is 2.61.